The van der Waals surface area contributed by atoms with Crippen molar-refractivity contribution in [3.63, 3.8) is 0 Å². The first-order chi connectivity index (χ1) is 13.5. The third kappa shape index (κ3) is 3.37. The van der Waals surface area contributed by atoms with E-state index in [4.69, 9.17) is 0 Å². The molecule has 9 heteroatoms. The van der Waals surface area contributed by atoms with E-state index in [1.807, 2.05) is 0 Å². The van der Waals surface area contributed by atoms with E-state index >= 15 is 0 Å². The first-order valence-electron chi connectivity index (χ1n) is 8.92. The first-order valence-corrected chi connectivity index (χ1v) is 8.92. The third-order valence-corrected chi connectivity index (χ3v) is 4.80. The fourth-order valence-electron chi connectivity index (χ4n) is 3.39. The number of aromatic nitrogens is 2. The summed E-state index contributed by atoms with van der Waals surface area (Å²) in [7, 11) is 0. The number of nitrogens with one attached hydrogen (secondary N) is 1. The molecule has 8 nitrogen and oxygen atoms in total. The molecule has 2 aromatic carbocycles. The van der Waals surface area contributed by atoms with Crippen LogP contribution in [0.3, 0.4) is 0 Å². The lowest BCUT2D eigenvalue weighted by Crippen LogP contribution is -2.44. The van der Waals surface area contributed by atoms with Gasteiger partial charge in [-0.1, -0.05) is 12.1 Å². The Balaban J connectivity index is 1.94. The van der Waals surface area contributed by atoms with Crippen molar-refractivity contribution >= 4 is 16.6 Å². The summed E-state index contributed by atoms with van der Waals surface area (Å²) in [5, 5.41) is 14.4. The Kier molecular flexibility index (Phi) is 4.84. The number of nitrogens with zero attached hydrogens (tertiary/aromatic N) is 4. The van der Waals surface area contributed by atoms with Gasteiger partial charge in [-0.2, -0.15) is 0 Å². The molecule has 1 fully saturated rings. The predicted octanol–water partition coefficient (Wildman–Crippen LogP) is 1.84. The largest absolute Gasteiger partial charge is 0.314 e. The number of non-ortho nitro benzene ring substituents is 1. The van der Waals surface area contributed by atoms with Crippen molar-refractivity contribution < 1.29 is 9.31 Å². The highest BCUT2D eigenvalue weighted by atomic mass is 19.1. The predicted molar refractivity (Wildman–Crippen MR) is 102 cm³/mol. The maximum atomic E-state index is 14.5. The van der Waals surface area contributed by atoms with Gasteiger partial charge >= 0.3 is 0 Å². The molecule has 1 aliphatic rings. The number of piperazine rings is 1. The molecule has 144 valence electrons. The van der Waals surface area contributed by atoms with Gasteiger partial charge in [0.05, 0.1) is 28.1 Å². The van der Waals surface area contributed by atoms with Gasteiger partial charge in [0.1, 0.15) is 11.6 Å². The van der Waals surface area contributed by atoms with Gasteiger partial charge in [0, 0.05) is 38.3 Å². The molecule has 3 aromatic rings. The van der Waals surface area contributed by atoms with Crippen molar-refractivity contribution in [3.05, 3.63) is 74.6 Å². The lowest BCUT2D eigenvalue weighted by Gasteiger charge is -2.27. The molecular weight excluding hydrogens is 365 g/mol. The SMILES string of the molecule is O=c1c2cc([N+](=O)[O-])ccc2nc(CN2CCNCC2)n1-c1ccccc1F. The van der Waals surface area contributed by atoms with E-state index in [2.05, 4.69) is 15.2 Å². The molecule has 1 aliphatic heterocycles. The number of halogens is 1. The van der Waals surface area contributed by atoms with E-state index in [1.165, 1.54) is 34.9 Å². The minimum atomic E-state index is -0.568. The maximum Gasteiger partial charge on any atom is 0.270 e. The molecule has 0 atom stereocenters. The molecule has 0 unspecified atom stereocenters. The van der Waals surface area contributed by atoms with Crippen LogP contribution in [-0.4, -0.2) is 45.6 Å². The second kappa shape index (κ2) is 7.45. The van der Waals surface area contributed by atoms with E-state index in [0.29, 0.717) is 17.9 Å². The fourth-order valence-corrected chi connectivity index (χ4v) is 3.39. The van der Waals surface area contributed by atoms with Gasteiger partial charge in [-0.15, -0.1) is 0 Å². The van der Waals surface area contributed by atoms with E-state index < -0.39 is 16.3 Å². The van der Waals surface area contributed by atoms with Crippen molar-refractivity contribution in [1.82, 2.24) is 19.8 Å². The van der Waals surface area contributed by atoms with Crippen LogP contribution in [-0.2, 0) is 6.54 Å². The number of nitro groups is 1. The summed E-state index contributed by atoms with van der Waals surface area (Å²) in [6.07, 6.45) is 0. The van der Waals surface area contributed by atoms with Crippen LogP contribution in [0.2, 0.25) is 0 Å². The monoisotopic (exact) mass is 383 g/mol. The number of fused-ring (bicyclic) bond motifs is 1. The maximum absolute atomic E-state index is 14.5. The van der Waals surface area contributed by atoms with Crippen LogP contribution in [0.25, 0.3) is 16.6 Å². The van der Waals surface area contributed by atoms with Gasteiger partial charge in [0.25, 0.3) is 11.2 Å². The third-order valence-electron chi connectivity index (χ3n) is 4.80. The second-order valence-corrected chi connectivity index (χ2v) is 6.60. The molecule has 4 rings (SSSR count). The summed E-state index contributed by atoms with van der Waals surface area (Å²) >= 11 is 0. The summed E-state index contributed by atoms with van der Waals surface area (Å²) in [5.41, 5.74) is -0.294. The minimum absolute atomic E-state index is 0.0820. The number of hydrogen-bond donors (Lipinski definition) is 1. The number of para-hydroxylation sites is 1. The van der Waals surface area contributed by atoms with Crippen LogP contribution >= 0.6 is 0 Å². The summed E-state index contributed by atoms with van der Waals surface area (Å²) in [6, 6.07) is 9.92. The van der Waals surface area contributed by atoms with Gasteiger partial charge in [-0.05, 0) is 18.2 Å². The van der Waals surface area contributed by atoms with Crippen molar-refractivity contribution in [2.75, 3.05) is 26.2 Å². The fraction of sp³-hybridized carbons (Fsp3) is 0.263. The number of benzene rings is 2. The molecule has 0 bridgehead atoms. The second-order valence-electron chi connectivity index (χ2n) is 6.60. The Hall–Kier alpha value is -3.17. The van der Waals surface area contributed by atoms with Crippen LogP contribution in [0.15, 0.2) is 47.3 Å². The smallest absolute Gasteiger partial charge is 0.270 e. The molecule has 0 spiro atoms. The van der Waals surface area contributed by atoms with Gasteiger partial charge in [0.15, 0.2) is 0 Å². The highest BCUT2D eigenvalue weighted by molar-refractivity contribution is 5.80. The lowest BCUT2D eigenvalue weighted by atomic mass is 10.2. The van der Waals surface area contributed by atoms with Crippen molar-refractivity contribution in [2.45, 2.75) is 6.54 Å². The molecule has 0 aliphatic carbocycles. The molecule has 0 radical (unpaired) electrons. The van der Waals surface area contributed by atoms with Gasteiger partial charge in [-0.3, -0.25) is 24.4 Å². The van der Waals surface area contributed by atoms with Crippen LogP contribution in [0.5, 0.6) is 0 Å². The van der Waals surface area contributed by atoms with Crippen LogP contribution in [0.1, 0.15) is 5.82 Å². The van der Waals surface area contributed by atoms with E-state index in [-0.39, 0.29) is 16.8 Å². The molecule has 0 saturated carbocycles. The van der Waals surface area contributed by atoms with Crippen LogP contribution < -0.4 is 10.9 Å². The van der Waals surface area contributed by atoms with Crippen molar-refractivity contribution in [2.24, 2.45) is 0 Å². The Morgan fingerprint density at radius 2 is 1.93 bits per heavy atom. The zero-order valence-electron chi connectivity index (χ0n) is 15.0. The van der Waals surface area contributed by atoms with E-state index in [0.717, 1.165) is 26.2 Å². The summed E-state index contributed by atoms with van der Waals surface area (Å²) < 4.78 is 15.7. The van der Waals surface area contributed by atoms with E-state index in [1.54, 1.807) is 12.1 Å². The van der Waals surface area contributed by atoms with Gasteiger partial charge in [-0.25, -0.2) is 9.37 Å². The minimum Gasteiger partial charge on any atom is -0.314 e. The zero-order chi connectivity index (χ0) is 19.7. The van der Waals surface area contributed by atoms with E-state index in [9.17, 15) is 19.3 Å². The molecule has 0 amide bonds. The number of hydrogen-bond acceptors (Lipinski definition) is 6. The van der Waals surface area contributed by atoms with Crippen molar-refractivity contribution in [1.29, 1.82) is 0 Å². The Labute approximate surface area is 159 Å². The zero-order valence-corrected chi connectivity index (χ0v) is 15.0. The van der Waals surface area contributed by atoms with Gasteiger partial charge in [0.2, 0.25) is 0 Å². The molecule has 1 saturated heterocycles. The summed E-state index contributed by atoms with van der Waals surface area (Å²) in [4.78, 5) is 30.4. The molecule has 1 N–H and O–H groups in total. The molecule has 2 heterocycles. The average molecular weight is 383 g/mol. The van der Waals surface area contributed by atoms with Crippen LogP contribution in [0.4, 0.5) is 10.1 Å². The standard InChI is InChI=1S/C19H18FN5O3/c20-15-3-1-2-4-17(15)24-18(12-23-9-7-21-8-10-23)22-16-6-5-13(25(27)28)11-14(16)19(24)26/h1-6,11,21H,7-10,12H2. The average Bonchev–Trinajstić information content (AvgIpc) is 2.70. The number of nitro benzene ring substituents is 1. The Bertz CT molecular complexity index is 1110. The summed E-state index contributed by atoms with van der Waals surface area (Å²) in [5.74, 6) is -0.156. The molecular formula is C19H18FN5O3. The number of rotatable bonds is 4. The molecule has 1 aromatic heterocycles. The Morgan fingerprint density at radius 3 is 2.64 bits per heavy atom. The Morgan fingerprint density at radius 1 is 1.18 bits per heavy atom. The lowest BCUT2D eigenvalue weighted by molar-refractivity contribution is -0.384. The van der Waals surface area contributed by atoms with Crippen molar-refractivity contribution in [3.8, 4) is 5.69 Å². The van der Waals surface area contributed by atoms with Gasteiger partial charge < -0.3 is 5.32 Å². The topological polar surface area (TPSA) is 93.3 Å². The first kappa shape index (κ1) is 18.2. The highest BCUT2D eigenvalue weighted by Gasteiger charge is 2.20. The van der Waals surface area contributed by atoms with Crippen LogP contribution in [0, 0.1) is 15.9 Å². The summed E-state index contributed by atoms with van der Waals surface area (Å²) in [6.45, 7) is 3.59. The quantitative estimate of drug-likeness (QED) is 0.546. The highest BCUT2D eigenvalue weighted by Crippen LogP contribution is 2.20. The molecule has 28 heavy (non-hydrogen) atoms. The normalized spacial score (nSPS) is 15.0.